The number of benzene rings is 1. The molecular formula is C17H26N2O2. The Hall–Kier alpha value is -1.55. The molecule has 1 aliphatic rings. The van der Waals surface area contributed by atoms with Gasteiger partial charge in [-0.3, -0.25) is 4.79 Å². The molecule has 116 valence electrons. The average Bonchev–Trinajstić information content (AvgIpc) is 2.47. The summed E-state index contributed by atoms with van der Waals surface area (Å²) in [5.74, 6) is 1.34. The van der Waals surface area contributed by atoms with E-state index < -0.39 is 6.10 Å². The van der Waals surface area contributed by atoms with Gasteiger partial charge in [0.05, 0.1) is 0 Å². The van der Waals surface area contributed by atoms with Crippen LogP contribution < -0.4 is 10.1 Å². The van der Waals surface area contributed by atoms with E-state index in [1.165, 1.54) is 11.1 Å². The molecule has 1 fully saturated rings. The predicted molar refractivity (Wildman–Crippen MR) is 84.8 cm³/mol. The van der Waals surface area contributed by atoms with E-state index >= 15 is 0 Å². The van der Waals surface area contributed by atoms with E-state index in [9.17, 15) is 4.79 Å². The summed E-state index contributed by atoms with van der Waals surface area (Å²) in [6.45, 7) is 11.5. The number of hydrogen-bond donors (Lipinski definition) is 1. The first kappa shape index (κ1) is 15.8. The van der Waals surface area contributed by atoms with Gasteiger partial charge in [0.2, 0.25) is 0 Å². The van der Waals surface area contributed by atoms with E-state index in [1.807, 2.05) is 24.0 Å². The van der Waals surface area contributed by atoms with Crippen molar-refractivity contribution in [2.45, 2.75) is 39.7 Å². The fraction of sp³-hybridized carbons (Fsp3) is 0.588. The summed E-state index contributed by atoms with van der Waals surface area (Å²) in [6.07, 6.45) is -0.438. The molecule has 2 rings (SSSR count). The van der Waals surface area contributed by atoms with Crippen LogP contribution in [-0.2, 0) is 4.79 Å². The number of ether oxygens (including phenoxy) is 1. The van der Waals surface area contributed by atoms with Crippen LogP contribution in [0.15, 0.2) is 18.2 Å². The molecular weight excluding hydrogens is 264 g/mol. The number of hydrogen-bond acceptors (Lipinski definition) is 3. The minimum absolute atomic E-state index is 0.0714. The van der Waals surface area contributed by atoms with Gasteiger partial charge in [-0.2, -0.15) is 0 Å². The topological polar surface area (TPSA) is 41.6 Å². The van der Waals surface area contributed by atoms with Crippen molar-refractivity contribution in [1.29, 1.82) is 0 Å². The summed E-state index contributed by atoms with van der Waals surface area (Å²) in [5, 5.41) is 3.25. The van der Waals surface area contributed by atoms with Gasteiger partial charge in [-0.15, -0.1) is 0 Å². The van der Waals surface area contributed by atoms with E-state index in [0.29, 0.717) is 5.92 Å². The Labute approximate surface area is 127 Å². The molecule has 4 nitrogen and oxygen atoms in total. The first-order valence-electron chi connectivity index (χ1n) is 7.75. The third kappa shape index (κ3) is 3.97. The second-order valence-electron chi connectivity index (χ2n) is 6.01. The fourth-order valence-corrected chi connectivity index (χ4v) is 2.77. The molecule has 0 radical (unpaired) electrons. The molecule has 1 aliphatic heterocycles. The van der Waals surface area contributed by atoms with Gasteiger partial charge >= 0.3 is 0 Å². The maximum Gasteiger partial charge on any atom is 0.263 e. The molecule has 1 saturated heterocycles. The van der Waals surface area contributed by atoms with Crippen LogP contribution in [0.3, 0.4) is 0 Å². The van der Waals surface area contributed by atoms with Crippen LogP contribution in [0.2, 0.25) is 0 Å². The summed E-state index contributed by atoms with van der Waals surface area (Å²) in [4.78, 5) is 14.2. The first-order chi connectivity index (χ1) is 9.99. The van der Waals surface area contributed by atoms with Gasteiger partial charge in [0.15, 0.2) is 6.10 Å². The standard InChI is InChI=1S/C17H26N2O2/c1-12(2)16-6-5-15(11-13(16)3)21-14(4)17(20)19-9-7-18-8-10-19/h5-6,11-12,14,18H,7-10H2,1-4H3. The maximum atomic E-state index is 12.3. The second-order valence-corrected chi connectivity index (χ2v) is 6.01. The molecule has 21 heavy (non-hydrogen) atoms. The van der Waals surface area contributed by atoms with Crippen molar-refractivity contribution in [3.63, 3.8) is 0 Å². The third-order valence-corrected chi connectivity index (χ3v) is 3.95. The molecule has 1 unspecified atom stereocenters. The zero-order valence-electron chi connectivity index (χ0n) is 13.5. The van der Waals surface area contributed by atoms with Gasteiger partial charge < -0.3 is 15.0 Å². The van der Waals surface area contributed by atoms with E-state index in [4.69, 9.17) is 4.74 Å². The second kappa shape index (κ2) is 6.94. The Morgan fingerprint density at radius 3 is 2.48 bits per heavy atom. The molecule has 4 heteroatoms. The molecule has 1 heterocycles. The van der Waals surface area contributed by atoms with E-state index in [-0.39, 0.29) is 5.91 Å². The highest BCUT2D eigenvalue weighted by molar-refractivity contribution is 5.81. The van der Waals surface area contributed by atoms with Crippen LogP contribution >= 0.6 is 0 Å². The van der Waals surface area contributed by atoms with E-state index in [0.717, 1.165) is 31.9 Å². The van der Waals surface area contributed by atoms with Gasteiger partial charge in [-0.05, 0) is 43.0 Å². The van der Waals surface area contributed by atoms with Gasteiger partial charge in [-0.25, -0.2) is 0 Å². The van der Waals surface area contributed by atoms with Crippen molar-refractivity contribution < 1.29 is 9.53 Å². The number of piperazine rings is 1. The van der Waals surface area contributed by atoms with Crippen LogP contribution in [0.25, 0.3) is 0 Å². The number of rotatable bonds is 4. The number of amides is 1. The Bertz CT molecular complexity index is 494. The molecule has 1 atom stereocenters. The highest BCUT2D eigenvalue weighted by Gasteiger charge is 2.23. The summed E-state index contributed by atoms with van der Waals surface area (Å²) in [6, 6.07) is 6.08. The summed E-state index contributed by atoms with van der Waals surface area (Å²) < 4.78 is 5.83. The fourth-order valence-electron chi connectivity index (χ4n) is 2.77. The van der Waals surface area contributed by atoms with E-state index in [1.54, 1.807) is 0 Å². The highest BCUT2D eigenvalue weighted by atomic mass is 16.5. The number of nitrogens with zero attached hydrogens (tertiary/aromatic N) is 1. The number of nitrogens with one attached hydrogen (secondary N) is 1. The normalized spacial score (nSPS) is 16.9. The summed E-state index contributed by atoms with van der Waals surface area (Å²) >= 11 is 0. The average molecular weight is 290 g/mol. The molecule has 0 aliphatic carbocycles. The lowest BCUT2D eigenvalue weighted by molar-refractivity contribution is -0.138. The lowest BCUT2D eigenvalue weighted by Gasteiger charge is -2.29. The van der Waals surface area contributed by atoms with Gasteiger partial charge in [0.25, 0.3) is 5.91 Å². The van der Waals surface area contributed by atoms with Crippen LogP contribution in [0.4, 0.5) is 0 Å². The van der Waals surface area contributed by atoms with Crippen molar-refractivity contribution in [3.8, 4) is 5.75 Å². The number of carbonyl (C=O) groups is 1. The van der Waals surface area contributed by atoms with Crippen molar-refractivity contribution >= 4 is 5.91 Å². The van der Waals surface area contributed by atoms with Gasteiger partial charge in [0.1, 0.15) is 5.75 Å². The van der Waals surface area contributed by atoms with Crippen molar-refractivity contribution in [2.75, 3.05) is 26.2 Å². The largest absolute Gasteiger partial charge is 0.481 e. The molecule has 1 N–H and O–H groups in total. The molecule has 0 aromatic heterocycles. The van der Waals surface area contributed by atoms with Crippen LogP contribution in [0.5, 0.6) is 5.75 Å². The maximum absolute atomic E-state index is 12.3. The quantitative estimate of drug-likeness (QED) is 0.925. The minimum Gasteiger partial charge on any atom is -0.481 e. The molecule has 1 aromatic carbocycles. The summed E-state index contributed by atoms with van der Waals surface area (Å²) in [5.41, 5.74) is 2.53. The van der Waals surface area contributed by atoms with Crippen LogP contribution in [0.1, 0.15) is 37.8 Å². The Morgan fingerprint density at radius 1 is 1.24 bits per heavy atom. The summed E-state index contributed by atoms with van der Waals surface area (Å²) in [7, 11) is 0. The SMILES string of the molecule is Cc1cc(OC(C)C(=O)N2CCNCC2)ccc1C(C)C. The number of aryl methyl sites for hydroxylation is 1. The predicted octanol–water partition coefficient (Wildman–Crippen LogP) is 2.32. The van der Waals surface area contributed by atoms with E-state index in [2.05, 4.69) is 32.2 Å². The lowest BCUT2D eigenvalue weighted by Crippen LogP contribution is -2.50. The molecule has 0 bridgehead atoms. The van der Waals surface area contributed by atoms with Crippen molar-refractivity contribution in [3.05, 3.63) is 29.3 Å². The monoisotopic (exact) mass is 290 g/mol. The van der Waals surface area contributed by atoms with Crippen molar-refractivity contribution in [1.82, 2.24) is 10.2 Å². The molecule has 0 saturated carbocycles. The zero-order valence-corrected chi connectivity index (χ0v) is 13.5. The minimum atomic E-state index is -0.438. The first-order valence-corrected chi connectivity index (χ1v) is 7.75. The number of carbonyl (C=O) groups excluding carboxylic acids is 1. The zero-order chi connectivity index (χ0) is 15.4. The highest BCUT2D eigenvalue weighted by Crippen LogP contribution is 2.24. The Balaban J connectivity index is 2.00. The van der Waals surface area contributed by atoms with Gasteiger partial charge in [-0.1, -0.05) is 19.9 Å². The van der Waals surface area contributed by atoms with Gasteiger partial charge in [0, 0.05) is 26.2 Å². The lowest BCUT2D eigenvalue weighted by atomic mass is 9.98. The van der Waals surface area contributed by atoms with Crippen LogP contribution in [-0.4, -0.2) is 43.1 Å². The Morgan fingerprint density at radius 2 is 1.90 bits per heavy atom. The Kier molecular flexibility index (Phi) is 5.23. The van der Waals surface area contributed by atoms with Crippen molar-refractivity contribution in [2.24, 2.45) is 0 Å². The van der Waals surface area contributed by atoms with Crippen LogP contribution in [0, 0.1) is 6.92 Å². The smallest absolute Gasteiger partial charge is 0.263 e. The molecule has 1 amide bonds. The third-order valence-electron chi connectivity index (χ3n) is 3.95. The molecule has 1 aromatic rings. The molecule has 0 spiro atoms.